The Balaban J connectivity index is 1.56. The molecule has 3 aromatic heterocycles. The van der Waals surface area contributed by atoms with E-state index in [1.165, 1.54) is 7.11 Å². The molecule has 1 atom stereocenters. The smallest absolute Gasteiger partial charge is 0.356 e. The van der Waals surface area contributed by atoms with E-state index in [9.17, 15) is 9.59 Å². The predicted molar refractivity (Wildman–Crippen MR) is 148 cm³/mol. The third-order valence-electron chi connectivity index (χ3n) is 6.65. The fourth-order valence-electron chi connectivity index (χ4n) is 4.81. The quantitative estimate of drug-likeness (QED) is 0.265. The lowest BCUT2D eigenvalue weighted by molar-refractivity contribution is -0.117. The van der Waals surface area contributed by atoms with Gasteiger partial charge in [0.25, 0.3) is 0 Å². The molecule has 1 saturated heterocycles. The highest BCUT2D eigenvalue weighted by Crippen LogP contribution is 2.34. The summed E-state index contributed by atoms with van der Waals surface area (Å²) in [5.41, 5.74) is 4.37. The first-order valence-corrected chi connectivity index (χ1v) is 13.5. The van der Waals surface area contributed by atoms with Crippen LogP contribution in [0, 0.1) is 0 Å². The SMILES string of the molecule is COCCC(=O)Nc1c(C(=O)OC)n(CCc2c[nH]c3ccccc23)c2ncc(NC3CCSC3)cc12. The number of aromatic nitrogens is 3. The minimum Gasteiger partial charge on any atom is -0.464 e. The molecular weight excluding hydrogens is 490 g/mol. The number of para-hydroxylation sites is 1. The Kier molecular flexibility index (Phi) is 7.66. The maximum atomic E-state index is 13.1. The van der Waals surface area contributed by atoms with E-state index in [1.54, 1.807) is 13.3 Å². The van der Waals surface area contributed by atoms with Crippen molar-refractivity contribution in [2.24, 2.45) is 0 Å². The number of aromatic amines is 1. The zero-order valence-electron chi connectivity index (χ0n) is 21.0. The van der Waals surface area contributed by atoms with E-state index in [4.69, 9.17) is 14.5 Å². The van der Waals surface area contributed by atoms with E-state index in [1.807, 2.05) is 46.8 Å². The number of pyridine rings is 1. The summed E-state index contributed by atoms with van der Waals surface area (Å²) in [7, 11) is 2.89. The number of esters is 1. The predicted octanol–water partition coefficient (Wildman–Crippen LogP) is 4.44. The summed E-state index contributed by atoms with van der Waals surface area (Å²) < 4.78 is 12.1. The number of H-pyrrole nitrogens is 1. The van der Waals surface area contributed by atoms with Crippen molar-refractivity contribution < 1.29 is 19.1 Å². The molecule has 1 aliphatic rings. The summed E-state index contributed by atoms with van der Waals surface area (Å²) in [5.74, 6) is 1.40. The molecule has 1 amide bonds. The number of methoxy groups -OCH3 is 2. The molecular formula is C27H31N5O4S. The molecule has 1 unspecified atom stereocenters. The van der Waals surface area contributed by atoms with Crippen LogP contribution in [0.15, 0.2) is 42.7 Å². The number of ether oxygens (including phenoxy) is 2. The van der Waals surface area contributed by atoms with Gasteiger partial charge in [0.15, 0.2) is 5.69 Å². The Hall–Kier alpha value is -3.50. The van der Waals surface area contributed by atoms with Gasteiger partial charge in [-0.2, -0.15) is 11.8 Å². The highest BCUT2D eigenvalue weighted by atomic mass is 32.2. The Labute approximate surface area is 219 Å². The first-order valence-electron chi connectivity index (χ1n) is 12.4. The molecule has 0 radical (unpaired) electrons. The molecule has 1 aliphatic heterocycles. The molecule has 4 heterocycles. The lowest BCUT2D eigenvalue weighted by Gasteiger charge is -2.13. The highest BCUT2D eigenvalue weighted by molar-refractivity contribution is 7.99. The number of carbonyl (C=O) groups is 2. The Morgan fingerprint density at radius 3 is 2.89 bits per heavy atom. The van der Waals surface area contributed by atoms with E-state index < -0.39 is 5.97 Å². The molecule has 0 aliphatic carbocycles. The van der Waals surface area contributed by atoms with Crippen molar-refractivity contribution in [2.75, 3.05) is 43.0 Å². The molecule has 4 aromatic rings. The summed E-state index contributed by atoms with van der Waals surface area (Å²) in [6.07, 6.45) is 5.71. The Morgan fingerprint density at radius 1 is 1.24 bits per heavy atom. The number of thioether (sulfide) groups is 1. The normalized spacial score (nSPS) is 15.4. The topological polar surface area (TPSA) is 110 Å². The molecule has 0 spiro atoms. The van der Waals surface area contributed by atoms with Gasteiger partial charge in [-0.15, -0.1) is 0 Å². The lowest BCUT2D eigenvalue weighted by Crippen LogP contribution is -2.18. The van der Waals surface area contributed by atoms with Crippen molar-refractivity contribution in [3.63, 3.8) is 0 Å². The number of nitrogens with one attached hydrogen (secondary N) is 3. The standard InChI is InChI=1S/C27H31N5O4S/c1-35-11-8-23(33)31-24-21-13-19(30-18-9-12-37-16-18)15-29-26(21)32(25(24)27(34)36-2)10-7-17-14-28-22-6-4-3-5-20(17)22/h3-6,13-15,18,28,30H,7-12,16H2,1-2H3,(H,31,33). The van der Waals surface area contributed by atoms with E-state index in [0.717, 1.165) is 40.1 Å². The maximum absolute atomic E-state index is 13.1. The van der Waals surface area contributed by atoms with Gasteiger partial charge in [0.05, 0.1) is 37.7 Å². The highest BCUT2D eigenvalue weighted by Gasteiger charge is 2.27. The largest absolute Gasteiger partial charge is 0.464 e. The van der Waals surface area contributed by atoms with E-state index in [2.05, 4.69) is 21.7 Å². The van der Waals surface area contributed by atoms with Gasteiger partial charge in [-0.05, 0) is 36.3 Å². The van der Waals surface area contributed by atoms with Gasteiger partial charge >= 0.3 is 5.97 Å². The van der Waals surface area contributed by atoms with Crippen LogP contribution in [0.25, 0.3) is 21.9 Å². The van der Waals surface area contributed by atoms with Crippen molar-refractivity contribution in [1.82, 2.24) is 14.5 Å². The van der Waals surface area contributed by atoms with Crippen molar-refractivity contribution in [1.29, 1.82) is 0 Å². The first-order chi connectivity index (χ1) is 18.1. The second kappa shape index (κ2) is 11.3. The van der Waals surface area contributed by atoms with Gasteiger partial charge in [-0.3, -0.25) is 4.79 Å². The van der Waals surface area contributed by atoms with Crippen LogP contribution in [-0.2, 0) is 27.2 Å². The number of hydrogen-bond donors (Lipinski definition) is 3. The summed E-state index contributed by atoms with van der Waals surface area (Å²) in [5, 5.41) is 8.33. The van der Waals surface area contributed by atoms with Gasteiger partial charge in [0.1, 0.15) is 5.65 Å². The summed E-state index contributed by atoms with van der Waals surface area (Å²) >= 11 is 1.92. The molecule has 10 heteroatoms. The summed E-state index contributed by atoms with van der Waals surface area (Å²) in [6, 6.07) is 10.5. The summed E-state index contributed by atoms with van der Waals surface area (Å²) in [6.45, 7) is 0.763. The molecule has 194 valence electrons. The first kappa shape index (κ1) is 25.2. The van der Waals surface area contributed by atoms with Gasteiger partial charge in [-0.25, -0.2) is 9.78 Å². The number of fused-ring (bicyclic) bond motifs is 2. The molecule has 0 saturated carbocycles. The van der Waals surface area contributed by atoms with E-state index in [0.29, 0.717) is 35.7 Å². The molecule has 5 rings (SSSR count). The average molecular weight is 522 g/mol. The van der Waals surface area contributed by atoms with E-state index >= 15 is 0 Å². The minimum atomic E-state index is -0.527. The van der Waals surface area contributed by atoms with Crippen molar-refractivity contribution in [3.8, 4) is 0 Å². The van der Waals surface area contributed by atoms with Gasteiger partial charge in [-0.1, -0.05) is 18.2 Å². The second-order valence-corrected chi connectivity index (χ2v) is 10.2. The van der Waals surface area contributed by atoms with Crippen LogP contribution in [0.1, 0.15) is 28.9 Å². The number of anilines is 2. The van der Waals surface area contributed by atoms with Crippen molar-refractivity contribution in [2.45, 2.75) is 31.8 Å². The third kappa shape index (κ3) is 5.30. The molecule has 37 heavy (non-hydrogen) atoms. The number of amides is 1. The number of hydrogen-bond acceptors (Lipinski definition) is 7. The third-order valence-corrected chi connectivity index (χ3v) is 7.82. The van der Waals surface area contributed by atoms with Crippen molar-refractivity contribution in [3.05, 3.63) is 54.0 Å². The number of benzene rings is 1. The lowest BCUT2D eigenvalue weighted by atomic mass is 10.1. The fraction of sp³-hybridized carbons (Fsp3) is 0.370. The molecule has 1 aromatic carbocycles. The van der Waals surface area contributed by atoms with Crippen LogP contribution in [0.3, 0.4) is 0 Å². The van der Waals surface area contributed by atoms with E-state index in [-0.39, 0.29) is 24.6 Å². The Bertz CT molecular complexity index is 1420. The van der Waals surface area contributed by atoms with Crippen molar-refractivity contribution >= 4 is 56.9 Å². The molecule has 9 nitrogen and oxygen atoms in total. The number of rotatable bonds is 10. The molecule has 3 N–H and O–H groups in total. The summed E-state index contributed by atoms with van der Waals surface area (Å²) in [4.78, 5) is 33.9. The minimum absolute atomic E-state index is 0.170. The molecule has 1 fully saturated rings. The zero-order valence-corrected chi connectivity index (χ0v) is 21.8. The average Bonchev–Trinajstić information content (AvgIpc) is 3.64. The Morgan fingerprint density at radius 2 is 2.11 bits per heavy atom. The zero-order chi connectivity index (χ0) is 25.8. The van der Waals surface area contributed by atoms with Crippen LogP contribution in [0.5, 0.6) is 0 Å². The fourth-order valence-corrected chi connectivity index (χ4v) is 5.96. The van der Waals surface area contributed by atoms with Gasteiger partial charge < -0.3 is 29.7 Å². The monoisotopic (exact) mass is 521 g/mol. The van der Waals surface area contributed by atoms with Crippen LogP contribution in [-0.4, -0.2) is 64.8 Å². The number of aryl methyl sites for hydroxylation is 2. The van der Waals surface area contributed by atoms with Gasteiger partial charge in [0, 0.05) is 47.9 Å². The number of carbonyl (C=O) groups excluding carboxylic acids is 2. The van der Waals surface area contributed by atoms with Crippen LogP contribution in [0.4, 0.5) is 11.4 Å². The van der Waals surface area contributed by atoms with Crippen LogP contribution < -0.4 is 10.6 Å². The maximum Gasteiger partial charge on any atom is 0.356 e. The number of nitrogens with zero attached hydrogens (tertiary/aromatic N) is 2. The van der Waals surface area contributed by atoms with Crippen LogP contribution in [0.2, 0.25) is 0 Å². The van der Waals surface area contributed by atoms with Gasteiger partial charge in [0.2, 0.25) is 5.91 Å². The van der Waals surface area contributed by atoms with Crippen LogP contribution >= 0.6 is 11.8 Å². The molecule has 0 bridgehead atoms. The second-order valence-electron chi connectivity index (χ2n) is 9.07.